The molecule has 0 radical (unpaired) electrons. The van der Waals surface area contributed by atoms with Crippen molar-refractivity contribution in [2.45, 2.75) is 23.3 Å². The predicted octanol–water partition coefficient (Wildman–Crippen LogP) is 5.07. The highest BCUT2D eigenvalue weighted by Gasteiger charge is 2.27. The Hall–Kier alpha value is -3.49. The summed E-state index contributed by atoms with van der Waals surface area (Å²) in [6.45, 7) is 2.09. The van der Waals surface area contributed by atoms with Gasteiger partial charge in [0.1, 0.15) is 5.82 Å². The molecule has 32 heavy (non-hydrogen) atoms. The Labute approximate surface area is 189 Å². The van der Waals surface area contributed by atoms with Gasteiger partial charge in [-0.1, -0.05) is 54.1 Å². The van der Waals surface area contributed by atoms with Gasteiger partial charge >= 0.3 is 0 Å². The molecule has 3 aromatic carbocycles. The second kappa shape index (κ2) is 7.89. The summed E-state index contributed by atoms with van der Waals surface area (Å²) in [6, 6.07) is 21.3. The molecule has 5 aromatic rings. The third-order valence-corrected chi connectivity index (χ3v) is 7.11. The zero-order valence-corrected chi connectivity index (χ0v) is 18.6. The molecule has 7 nitrogen and oxygen atoms in total. The zero-order chi connectivity index (χ0) is 22.3. The van der Waals surface area contributed by atoms with Crippen LogP contribution in [0.1, 0.15) is 12.5 Å². The van der Waals surface area contributed by atoms with Gasteiger partial charge in [-0.05, 0) is 54.4 Å². The third kappa shape index (κ3) is 3.47. The van der Waals surface area contributed by atoms with E-state index in [0.29, 0.717) is 21.7 Å². The van der Waals surface area contributed by atoms with Crippen LogP contribution >= 0.6 is 11.6 Å². The minimum absolute atomic E-state index is 0.130. The van der Waals surface area contributed by atoms with Gasteiger partial charge in [-0.15, -0.1) is 5.10 Å². The number of nitrogens with zero attached hydrogens (tertiary/aromatic N) is 4. The van der Waals surface area contributed by atoms with Crippen LogP contribution in [0.5, 0.6) is 0 Å². The lowest BCUT2D eigenvalue weighted by Crippen LogP contribution is -2.05. The zero-order valence-electron chi connectivity index (χ0n) is 17.0. The maximum atomic E-state index is 13.2. The van der Waals surface area contributed by atoms with Crippen molar-refractivity contribution in [1.29, 1.82) is 0 Å². The maximum Gasteiger partial charge on any atom is 0.229 e. The molecule has 160 valence electrons. The molecule has 0 bridgehead atoms. The van der Waals surface area contributed by atoms with Crippen molar-refractivity contribution in [2.75, 3.05) is 5.32 Å². The Bertz CT molecular complexity index is 1550. The Kier molecular flexibility index (Phi) is 5.03. The van der Waals surface area contributed by atoms with E-state index in [0.717, 1.165) is 12.1 Å². The molecule has 0 saturated heterocycles. The Morgan fingerprint density at radius 3 is 2.47 bits per heavy atom. The van der Waals surface area contributed by atoms with Gasteiger partial charge in [-0.3, -0.25) is 0 Å². The first kappa shape index (κ1) is 20.4. The van der Waals surface area contributed by atoms with E-state index in [1.54, 1.807) is 36.4 Å². The van der Waals surface area contributed by atoms with E-state index >= 15 is 0 Å². The summed E-state index contributed by atoms with van der Waals surface area (Å²) in [5.41, 5.74) is 2.80. The number of rotatable bonds is 5. The van der Waals surface area contributed by atoms with Crippen LogP contribution in [0, 0.1) is 0 Å². The van der Waals surface area contributed by atoms with Crippen LogP contribution in [-0.4, -0.2) is 28.2 Å². The highest BCUT2D eigenvalue weighted by atomic mass is 35.5. The molecule has 0 aliphatic rings. The average Bonchev–Trinajstić information content (AvgIpc) is 3.25. The van der Waals surface area contributed by atoms with Gasteiger partial charge in [-0.2, -0.15) is 4.52 Å². The van der Waals surface area contributed by atoms with Crippen molar-refractivity contribution in [3.8, 4) is 0 Å². The second-order valence-electron chi connectivity index (χ2n) is 7.24. The molecule has 0 amide bonds. The number of hydrogen-bond acceptors (Lipinski definition) is 6. The SMILES string of the molecule is CCc1ccc(Nc2nc3c(S(=O)(=O)c4ccccc4)nnn3c3ccc(Cl)cc23)cc1. The van der Waals surface area contributed by atoms with Crippen molar-refractivity contribution in [2.24, 2.45) is 0 Å². The summed E-state index contributed by atoms with van der Waals surface area (Å²) >= 11 is 6.25. The summed E-state index contributed by atoms with van der Waals surface area (Å²) in [6.07, 6.45) is 0.936. The number of benzene rings is 3. The van der Waals surface area contributed by atoms with Crippen LogP contribution in [0.15, 0.2) is 82.7 Å². The molecule has 9 heteroatoms. The van der Waals surface area contributed by atoms with Gasteiger partial charge < -0.3 is 5.32 Å². The Morgan fingerprint density at radius 1 is 1.00 bits per heavy atom. The molecule has 0 spiro atoms. The van der Waals surface area contributed by atoms with Gasteiger partial charge in [-0.25, -0.2) is 13.4 Å². The number of sulfone groups is 1. The van der Waals surface area contributed by atoms with E-state index < -0.39 is 9.84 Å². The highest BCUT2D eigenvalue weighted by molar-refractivity contribution is 7.91. The summed E-state index contributed by atoms with van der Waals surface area (Å²) in [5, 5.41) is 12.4. The van der Waals surface area contributed by atoms with Gasteiger partial charge in [0.25, 0.3) is 0 Å². The van der Waals surface area contributed by atoms with E-state index in [9.17, 15) is 8.42 Å². The van der Waals surface area contributed by atoms with E-state index in [4.69, 9.17) is 11.6 Å². The number of aryl methyl sites for hydroxylation is 1. The standard InChI is InChI=1S/C23H18ClN5O2S/c1-2-15-8-11-17(12-9-15)25-21-19-14-16(24)10-13-20(19)29-22(26-21)23(27-28-29)32(30,31)18-6-4-3-5-7-18/h3-14H,2H2,1H3,(H,25,26). The van der Waals surface area contributed by atoms with Crippen molar-refractivity contribution in [1.82, 2.24) is 19.8 Å². The van der Waals surface area contributed by atoms with Crippen molar-refractivity contribution < 1.29 is 8.42 Å². The summed E-state index contributed by atoms with van der Waals surface area (Å²) < 4.78 is 27.9. The lowest BCUT2D eigenvalue weighted by atomic mass is 10.1. The van der Waals surface area contributed by atoms with E-state index in [-0.39, 0.29) is 15.6 Å². The second-order valence-corrected chi connectivity index (χ2v) is 9.55. The van der Waals surface area contributed by atoms with Crippen molar-refractivity contribution >= 4 is 49.5 Å². The van der Waals surface area contributed by atoms with Crippen LogP contribution in [0.2, 0.25) is 5.02 Å². The minimum Gasteiger partial charge on any atom is -0.340 e. The molecular weight excluding hydrogens is 446 g/mol. The maximum absolute atomic E-state index is 13.2. The lowest BCUT2D eigenvalue weighted by molar-refractivity contribution is 0.592. The highest BCUT2D eigenvalue weighted by Crippen LogP contribution is 2.31. The van der Waals surface area contributed by atoms with Crippen LogP contribution in [0.3, 0.4) is 0 Å². The molecule has 5 rings (SSSR count). The summed E-state index contributed by atoms with van der Waals surface area (Å²) in [4.78, 5) is 4.75. The number of halogens is 1. The quantitative estimate of drug-likeness (QED) is 0.391. The van der Waals surface area contributed by atoms with E-state index in [2.05, 4.69) is 27.5 Å². The molecule has 0 atom stereocenters. The first-order valence-corrected chi connectivity index (χ1v) is 11.8. The molecule has 2 heterocycles. The predicted molar refractivity (Wildman–Crippen MR) is 124 cm³/mol. The molecular formula is C23H18ClN5O2S. The van der Waals surface area contributed by atoms with Gasteiger partial charge in [0.15, 0.2) is 5.65 Å². The van der Waals surface area contributed by atoms with Crippen LogP contribution in [0.25, 0.3) is 16.6 Å². The first-order chi connectivity index (χ1) is 15.5. The fourth-order valence-corrected chi connectivity index (χ4v) is 4.94. The van der Waals surface area contributed by atoms with Crippen LogP contribution in [0.4, 0.5) is 11.5 Å². The smallest absolute Gasteiger partial charge is 0.229 e. The molecule has 0 aliphatic carbocycles. The largest absolute Gasteiger partial charge is 0.340 e. The molecule has 2 aromatic heterocycles. The number of aromatic nitrogens is 4. The van der Waals surface area contributed by atoms with Crippen LogP contribution in [-0.2, 0) is 16.3 Å². The number of fused-ring (bicyclic) bond motifs is 3. The van der Waals surface area contributed by atoms with Gasteiger partial charge in [0.2, 0.25) is 14.9 Å². The normalized spacial score (nSPS) is 11.8. The number of hydrogen-bond donors (Lipinski definition) is 1. The van der Waals surface area contributed by atoms with E-state index in [1.807, 2.05) is 24.3 Å². The van der Waals surface area contributed by atoms with E-state index in [1.165, 1.54) is 22.2 Å². The summed E-state index contributed by atoms with van der Waals surface area (Å²) in [7, 11) is -3.91. The molecule has 1 N–H and O–H groups in total. The number of nitrogens with one attached hydrogen (secondary N) is 1. The van der Waals surface area contributed by atoms with Gasteiger partial charge in [0.05, 0.1) is 10.4 Å². The topological polar surface area (TPSA) is 89.2 Å². The fraction of sp³-hybridized carbons (Fsp3) is 0.0870. The van der Waals surface area contributed by atoms with Crippen molar-refractivity contribution in [3.05, 3.63) is 83.4 Å². The molecule has 0 saturated carbocycles. The third-order valence-electron chi connectivity index (χ3n) is 5.21. The minimum atomic E-state index is -3.91. The Balaban J connectivity index is 1.73. The Morgan fingerprint density at radius 2 is 1.75 bits per heavy atom. The fourth-order valence-electron chi connectivity index (χ4n) is 3.51. The average molecular weight is 464 g/mol. The summed E-state index contributed by atoms with van der Waals surface area (Å²) in [5.74, 6) is 0.464. The monoisotopic (exact) mass is 463 g/mol. The first-order valence-electron chi connectivity index (χ1n) is 9.98. The molecule has 0 fully saturated rings. The van der Waals surface area contributed by atoms with Gasteiger partial charge in [0, 0.05) is 16.1 Å². The molecule has 0 aliphatic heterocycles. The lowest BCUT2D eigenvalue weighted by Gasteiger charge is -2.11. The van der Waals surface area contributed by atoms with Crippen molar-refractivity contribution in [3.63, 3.8) is 0 Å². The molecule has 0 unspecified atom stereocenters. The van der Waals surface area contributed by atoms with Crippen LogP contribution < -0.4 is 5.32 Å². The number of anilines is 2.